The lowest BCUT2D eigenvalue weighted by Gasteiger charge is -2.29. The smallest absolute Gasteiger partial charge is 0.343 e. The first-order valence-electron chi connectivity index (χ1n) is 7.69. The number of nitrogens with zero attached hydrogens (tertiary/aromatic N) is 1. The molecule has 0 saturated carbocycles. The quantitative estimate of drug-likeness (QED) is 0.403. The molecule has 0 aliphatic carbocycles. The van der Waals surface area contributed by atoms with Gasteiger partial charge in [-0.3, -0.25) is 0 Å². The maximum Gasteiger partial charge on any atom is 0.343 e. The van der Waals surface area contributed by atoms with Crippen molar-refractivity contribution in [2.75, 3.05) is 26.3 Å². The standard InChI is InChI=1S/C18H15BrClNO3S/c19-13-4-5-16(24-18(22)12-2-1-3-14(20)10-12)15(11-13)17(25)21-6-8-23-9-7-21/h1-5,10-11H,6-9H2. The summed E-state index contributed by atoms with van der Waals surface area (Å²) in [6.45, 7) is 2.69. The fourth-order valence-corrected chi connectivity index (χ4v) is 3.36. The van der Waals surface area contributed by atoms with Crippen molar-refractivity contribution in [3.05, 3.63) is 63.1 Å². The van der Waals surface area contributed by atoms with E-state index in [2.05, 4.69) is 20.8 Å². The number of carbonyl (C=O) groups is 1. The fraction of sp³-hybridized carbons (Fsp3) is 0.222. The molecule has 2 aromatic rings. The van der Waals surface area contributed by atoms with Crippen LogP contribution in [-0.4, -0.2) is 42.2 Å². The van der Waals surface area contributed by atoms with Crippen molar-refractivity contribution in [3.63, 3.8) is 0 Å². The van der Waals surface area contributed by atoms with Crippen LogP contribution in [0.4, 0.5) is 0 Å². The van der Waals surface area contributed by atoms with Crippen molar-refractivity contribution >= 4 is 50.7 Å². The molecule has 0 N–H and O–H groups in total. The lowest BCUT2D eigenvalue weighted by Crippen LogP contribution is -2.40. The maximum absolute atomic E-state index is 12.4. The number of carbonyl (C=O) groups excluding carboxylic acids is 1. The highest BCUT2D eigenvalue weighted by molar-refractivity contribution is 9.10. The zero-order chi connectivity index (χ0) is 17.8. The first-order valence-corrected chi connectivity index (χ1v) is 9.27. The van der Waals surface area contributed by atoms with E-state index in [0.717, 1.165) is 4.47 Å². The molecule has 0 radical (unpaired) electrons. The molecule has 130 valence electrons. The first kappa shape index (κ1) is 18.3. The van der Waals surface area contributed by atoms with Gasteiger partial charge in [-0.2, -0.15) is 0 Å². The molecule has 1 aliphatic rings. The Balaban J connectivity index is 1.86. The molecule has 0 spiro atoms. The normalized spacial score (nSPS) is 14.2. The van der Waals surface area contributed by atoms with Gasteiger partial charge < -0.3 is 14.4 Å². The van der Waals surface area contributed by atoms with E-state index in [1.165, 1.54) is 0 Å². The van der Waals surface area contributed by atoms with Crippen molar-refractivity contribution in [1.29, 1.82) is 0 Å². The molecule has 1 saturated heterocycles. The highest BCUT2D eigenvalue weighted by Gasteiger charge is 2.20. The van der Waals surface area contributed by atoms with Crippen molar-refractivity contribution in [2.24, 2.45) is 0 Å². The summed E-state index contributed by atoms with van der Waals surface area (Å²) >= 11 is 15.0. The Bertz CT molecular complexity index is 809. The molecule has 0 unspecified atom stereocenters. The van der Waals surface area contributed by atoms with Crippen LogP contribution >= 0.6 is 39.7 Å². The Morgan fingerprint density at radius 3 is 2.68 bits per heavy atom. The van der Waals surface area contributed by atoms with Gasteiger partial charge >= 0.3 is 5.97 Å². The molecular formula is C18H15BrClNO3S. The number of benzene rings is 2. The molecule has 0 atom stereocenters. The zero-order valence-electron chi connectivity index (χ0n) is 13.2. The van der Waals surface area contributed by atoms with E-state index in [1.54, 1.807) is 30.3 Å². The van der Waals surface area contributed by atoms with Gasteiger partial charge in [0.2, 0.25) is 0 Å². The summed E-state index contributed by atoms with van der Waals surface area (Å²) in [6, 6.07) is 12.0. The Morgan fingerprint density at radius 2 is 1.96 bits per heavy atom. The predicted octanol–water partition coefficient (Wildman–Crippen LogP) is 4.33. The Morgan fingerprint density at radius 1 is 1.20 bits per heavy atom. The van der Waals surface area contributed by atoms with E-state index in [9.17, 15) is 4.79 Å². The van der Waals surface area contributed by atoms with Crippen molar-refractivity contribution in [2.45, 2.75) is 0 Å². The lowest BCUT2D eigenvalue weighted by molar-refractivity contribution is 0.0687. The molecule has 0 bridgehead atoms. The van der Waals surface area contributed by atoms with Crippen molar-refractivity contribution in [3.8, 4) is 5.75 Å². The minimum atomic E-state index is -0.476. The SMILES string of the molecule is O=C(Oc1ccc(Br)cc1C(=S)N1CCOCC1)c1cccc(Cl)c1. The van der Waals surface area contributed by atoms with E-state index >= 15 is 0 Å². The molecule has 25 heavy (non-hydrogen) atoms. The average molecular weight is 441 g/mol. The summed E-state index contributed by atoms with van der Waals surface area (Å²) in [4.78, 5) is 15.1. The highest BCUT2D eigenvalue weighted by Crippen LogP contribution is 2.27. The molecule has 1 fully saturated rings. The van der Waals surface area contributed by atoms with Crippen LogP contribution in [0.1, 0.15) is 15.9 Å². The number of morpholine rings is 1. The number of hydrogen-bond acceptors (Lipinski definition) is 4. The van der Waals surface area contributed by atoms with Crippen LogP contribution in [0, 0.1) is 0 Å². The number of thiocarbonyl (C=S) groups is 1. The molecular weight excluding hydrogens is 426 g/mol. The van der Waals surface area contributed by atoms with Gasteiger partial charge in [0.15, 0.2) is 0 Å². The highest BCUT2D eigenvalue weighted by atomic mass is 79.9. The van der Waals surface area contributed by atoms with Crippen LogP contribution < -0.4 is 4.74 Å². The summed E-state index contributed by atoms with van der Waals surface area (Å²) in [6.07, 6.45) is 0. The maximum atomic E-state index is 12.4. The fourth-order valence-electron chi connectivity index (χ4n) is 2.47. The van der Waals surface area contributed by atoms with Gasteiger partial charge in [0.1, 0.15) is 10.7 Å². The monoisotopic (exact) mass is 439 g/mol. The summed E-state index contributed by atoms with van der Waals surface area (Å²) in [7, 11) is 0. The van der Waals surface area contributed by atoms with Crippen LogP contribution in [0.25, 0.3) is 0 Å². The third-order valence-electron chi connectivity index (χ3n) is 3.73. The third-order valence-corrected chi connectivity index (χ3v) is 4.94. The molecule has 1 aliphatic heterocycles. The third kappa shape index (κ3) is 4.58. The minimum Gasteiger partial charge on any atom is -0.422 e. The second-order valence-electron chi connectivity index (χ2n) is 5.44. The summed E-state index contributed by atoms with van der Waals surface area (Å²) in [5.74, 6) is -0.0551. The first-order chi connectivity index (χ1) is 12.0. The van der Waals surface area contributed by atoms with Crippen LogP contribution in [0.15, 0.2) is 46.9 Å². The van der Waals surface area contributed by atoms with Gasteiger partial charge in [0, 0.05) is 22.6 Å². The Labute approximate surface area is 164 Å². The Kier molecular flexibility index (Phi) is 6.06. The molecule has 1 heterocycles. The van der Waals surface area contributed by atoms with Crippen LogP contribution in [0.2, 0.25) is 5.02 Å². The number of esters is 1. The molecule has 0 aromatic heterocycles. The van der Waals surface area contributed by atoms with Gasteiger partial charge in [0.25, 0.3) is 0 Å². The number of hydrogen-bond donors (Lipinski definition) is 0. The van der Waals surface area contributed by atoms with E-state index in [0.29, 0.717) is 53.2 Å². The second-order valence-corrected chi connectivity index (χ2v) is 7.18. The molecule has 7 heteroatoms. The molecule has 2 aromatic carbocycles. The summed E-state index contributed by atoms with van der Waals surface area (Å²) in [5, 5.41) is 0.481. The number of ether oxygens (including phenoxy) is 2. The molecule has 4 nitrogen and oxygen atoms in total. The van der Waals surface area contributed by atoms with E-state index in [-0.39, 0.29) is 0 Å². The van der Waals surface area contributed by atoms with Gasteiger partial charge in [-0.05, 0) is 36.4 Å². The minimum absolute atomic E-state index is 0.388. The summed E-state index contributed by atoms with van der Waals surface area (Å²) in [5.41, 5.74) is 1.08. The second kappa shape index (κ2) is 8.27. The number of halogens is 2. The summed E-state index contributed by atoms with van der Waals surface area (Å²) < 4.78 is 11.8. The Hall–Kier alpha value is -1.47. The van der Waals surface area contributed by atoms with Gasteiger partial charge in [0.05, 0.1) is 24.3 Å². The van der Waals surface area contributed by atoms with Gasteiger partial charge in [-0.25, -0.2) is 4.79 Å². The van der Waals surface area contributed by atoms with Gasteiger partial charge in [-0.15, -0.1) is 0 Å². The molecule has 3 rings (SSSR count). The average Bonchev–Trinajstić information content (AvgIpc) is 2.63. The lowest BCUT2D eigenvalue weighted by atomic mass is 10.1. The van der Waals surface area contributed by atoms with Crippen LogP contribution in [0.5, 0.6) is 5.75 Å². The zero-order valence-corrected chi connectivity index (χ0v) is 16.4. The largest absolute Gasteiger partial charge is 0.422 e. The van der Waals surface area contributed by atoms with E-state index < -0.39 is 5.97 Å². The van der Waals surface area contributed by atoms with Crippen molar-refractivity contribution in [1.82, 2.24) is 4.90 Å². The molecule has 0 amide bonds. The van der Waals surface area contributed by atoms with E-state index in [4.69, 9.17) is 33.3 Å². The van der Waals surface area contributed by atoms with Crippen molar-refractivity contribution < 1.29 is 14.3 Å². The van der Waals surface area contributed by atoms with E-state index in [1.807, 2.05) is 12.1 Å². The predicted molar refractivity (Wildman–Crippen MR) is 105 cm³/mol. The topological polar surface area (TPSA) is 38.8 Å². The number of rotatable bonds is 3. The van der Waals surface area contributed by atoms with Gasteiger partial charge in [-0.1, -0.05) is 45.8 Å². The van der Waals surface area contributed by atoms with Crippen LogP contribution in [-0.2, 0) is 4.74 Å². The van der Waals surface area contributed by atoms with Crippen LogP contribution in [0.3, 0.4) is 0 Å².